The van der Waals surface area contributed by atoms with Crippen molar-refractivity contribution in [3.05, 3.63) is 28.8 Å². The predicted octanol–water partition coefficient (Wildman–Crippen LogP) is 0.934. The molecule has 1 aliphatic carbocycles. The van der Waals surface area contributed by atoms with Gasteiger partial charge in [0.05, 0.1) is 10.8 Å². The first-order valence-electron chi connectivity index (χ1n) is 7.29. The van der Waals surface area contributed by atoms with Crippen molar-refractivity contribution in [1.82, 2.24) is 5.32 Å². The molecule has 0 radical (unpaired) electrons. The maximum atomic E-state index is 12.4. The van der Waals surface area contributed by atoms with Crippen LogP contribution in [0.25, 0.3) is 0 Å². The van der Waals surface area contributed by atoms with Gasteiger partial charge in [0.1, 0.15) is 0 Å². The molecule has 4 N–H and O–H groups in total. The van der Waals surface area contributed by atoms with Crippen molar-refractivity contribution in [2.45, 2.75) is 44.0 Å². The van der Waals surface area contributed by atoms with Crippen LogP contribution in [0.4, 0.5) is 0 Å². The van der Waals surface area contributed by atoms with Crippen molar-refractivity contribution in [2.75, 3.05) is 0 Å². The fourth-order valence-electron chi connectivity index (χ4n) is 2.93. The minimum absolute atomic E-state index is 0.0937. The molecule has 1 saturated carbocycles. The zero-order chi connectivity index (χ0) is 17.4. The lowest BCUT2D eigenvalue weighted by Crippen LogP contribution is -2.40. The number of aliphatic carboxylic acids is 1. The molecule has 1 aromatic rings. The van der Waals surface area contributed by atoms with Crippen molar-refractivity contribution in [1.29, 1.82) is 0 Å². The standard InChI is InChI=1S/C15H20N2O5S/c1-8-6-10(7-13(9(8)2)23(16,21)22)14(18)17-12-5-3-4-11(12)15(19)20/h6-7,11-12H,3-5H2,1-2H3,(H,17,18)(H,19,20)(H2,16,21,22)/t11-,12+/m0/s1. The summed E-state index contributed by atoms with van der Waals surface area (Å²) in [5.41, 5.74) is 1.28. The number of carboxylic acids is 1. The van der Waals surface area contributed by atoms with Crippen molar-refractivity contribution >= 4 is 21.9 Å². The van der Waals surface area contributed by atoms with Gasteiger partial charge in [-0.25, -0.2) is 13.6 Å². The van der Waals surface area contributed by atoms with E-state index in [1.807, 2.05) is 0 Å². The van der Waals surface area contributed by atoms with Gasteiger partial charge in [0, 0.05) is 11.6 Å². The van der Waals surface area contributed by atoms with Gasteiger partial charge >= 0.3 is 5.97 Å². The third kappa shape index (κ3) is 3.70. The number of carbonyl (C=O) groups excluding carboxylic acids is 1. The maximum Gasteiger partial charge on any atom is 0.308 e. The van der Waals surface area contributed by atoms with Crippen LogP contribution in [0.2, 0.25) is 0 Å². The summed E-state index contributed by atoms with van der Waals surface area (Å²) in [5, 5.41) is 17.0. The molecule has 1 aliphatic rings. The highest BCUT2D eigenvalue weighted by atomic mass is 32.2. The molecule has 0 aliphatic heterocycles. The Kier molecular flexibility index (Phi) is 4.76. The monoisotopic (exact) mass is 340 g/mol. The Morgan fingerprint density at radius 3 is 2.48 bits per heavy atom. The van der Waals surface area contributed by atoms with E-state index in [2.05, 4.69) is 5.32 Å². The summed E-state index contributed by atoms with van der Waals surface area (Å²) in [6.45, 7) is 3.31. The number of hydrogen-bond acceptors (Lipinski definition) is 4. The zero-order valence-corrected chi connectivity index (χ0v) is 13.8. The van der Waals surface area contributed by atoms with Gasteiger partial charge in [-0.2, -0.15) is 0 Å². The van der Waals surface area contributed by atoms with E-state index in [1.165, 1.54) is 6.07 Å². The van der Waals surface area contributed by atoms with Crippen LogP contribution in [0.3, 0.4) is 0 Å². The van der Waals surface area contributed by atoms with Gasteiger partial charge < -0.3 is 10.4 Å². The molecule has 1 amide bonds. The Balaban J connectivity index is 2.30. The Bertz CT molecular complexity index is 757. The molecule has 2 atom stereocenters. The van der Waals surface area contributed by atoms with Gasteiger partial charge in [0.2, 0.25) is 10.0 Å². The number of primary sulfonamides is 1. The molecule has 1 aromatic carbocycles. The lowest BCUT2D eigenvalue weighted by Gasteiger charge is -2.18. The lowest BCUT2D eigenvalue weighted by atomic mass is 10.0. The third-order valence-electron chi connectivity index (χ3n) is 4.34. The van der Waals surface area contributed by atoms with Crippen LogP contribution in [-0.2, 0) is 14.8 Å². The Morgan fingerprint density at radius 1 is 1.26 bits per heavy atom. The molecule has 23 heavy (non-hydrogen) atoms. The minimum atomic E-state index is -3.94. The largest absolute Gasteiger partial charge is 0.481 e. The van der Waals surface area contributed by atoms with Crippen LogP contribution in [0.1, 0.15) is 40.7 Å². The number of nitrogens with two attached hydrogens (primary N) is 1. The molecule has 2 rings (SSSR count). The first kappa shape index (κ1) is 17.4. The number of aryl methyl sites for hydroxylation is 1. The second kappa shape index (κ2) is 6.29. The van der Waals surface area contributed by atoms with E-state index in [9.17, 15) is 18.0 Å². The van der Waals surface area contributed by atoms with E-state index >= 15 is 0 Å². The number of carboxylic acid groups (broad SMARTS) is 1. The minimum Gasteiger partial charge on any atom is -0.481 e. The normalized spacial score (nSPS) is 21.2. The van der Waals surface area contributed by atoms with Crippen molar-refractivity contribution in [2.24, 2.45) is 11.1 Å². The molecule has 0 aromatic heterocycles. The average molecular weight is 340 g/mol. The van der Waals surface area contributed by atoms with Gasteiger partial charge in [-0.3, -0.25) is 9.59 Å². The van der Waals surface area contributed by atoms with Gasteiger partial charge in [0.25, 0.3) is 5.91 Å². The van der Waals surface area contributed by atoms with E-state index < -0.39 is 33.9 Å². The number of rotatable bonds is 4. The Morgan fingerprint density at radius 2 is 1.91 bits per heavy atom. The van der Waals surface area contributed by atoms with E-state index in [-0.39, 0.29) is 10.5 Å². The van der Waals surface area contributed by atoms with Crippen molar-refractivity contribution in [3.63, 3.8) is 0 Å². The summed E-state index contributed by atoms with van der Waals surface area (Å²) < 4.78 is 23.3. The zero-order valence-electron chi connectivity index (χ0n) is 13.0. The van der Waals surface area contributed by atoms with Crippen molar-refractivity contribution in [3.8, 4) is 0 Å². The number of benzene rings is 1. The van der Waals surface area contributed by atoms with Crippen molar-refractivity contribution < 1.29 is 23.1 Å². The number of sulfonamides is 1. The molecule has 0 bridgehead atoms. The molecule has 0 spiro atoms. The maximum absolute atomic E-state index is 12.4. The van der Waals surface area contributed by atoms with Gasteiger partial charge in [-0.1, -0.05) is 6.42 Å². The molecule has 1 fully saturated rings. The fraction of sp³-hybridized carbons (Fsp3) is 0.467. The molecule has 0 saturated heterocycles. The quantitative estimate of drug-likeness (QED) is 0.751. The molecule has 7 nitrogen and oxygen atoms in total. The Hall–Kier alpha value is -1.93. The topological polar surface area (TPSA) is 127 Å². The Labute approximate surface area is 134 Å². The highest BCUT2D eigenvalue weighted by Gasteiger charge is 2.34. The van der Waals surface area contributed by atoms with Crippen LogP contribution >= 0.6 is 0 Å². The number of hydrogen-bond donors (Lipinski definition) is 3. The van der Waals surface area contributed by atoms with E-state index in [1.54, 1.807) is 19.9 Å². The molecule has 8 heteroatoms. The van der Waals surface area contributed by atoms with E-state index in [0.29, 0.717) is 24.0 Å². The molecular formula is C15H20N2O5S. The summed E-state index contributed by atoms with van der Waals surface area (Å²) in [7, 11) is -3.94. The average Bonchev–Trinajstić information content (AvgIpc) is 2.88. The lowest BCUT2D eigenvalue weighted by molar-refractivity contribution is -0.142. The fourth-order valence-corrected chi connectivity index (χ4v) is 3.81. The number of carbonyl (C=O) groups is 2. The second-order valence-corrected chi connectivity index (χ2v) is 7.45. The van der Waals surface area contributed by atoms with Gasteiger partial charge in [0.15, 0.2) is 0 Å². The van der Waals surface area contributed by atoms with E-state index in [0.717, 1.165) is 6.42 Å². The predicted molar refractivity (Wildman–Crippen MR) is 83.5 cm³/mol. The highest BCUT2D eigenvalue weighted by Crippen LogP contribution is 2.26. The summed E-state index contributed by atoms with van der Waals surface area (Å²) in [6, 6.07) is 2.36. The van der Waals surface area contributed by atoms with Gasteiger partial charge in [-0.05, 0) is 49.9 Å². The van der Waals surface area contributed by atoms with Crippen LogP contribution in [-0.4, -0.2) is 31.4 Å². The van der Waals surface area contributed by atoms with Gasteiger partial charge in [-0.15, -0.1) is 0 Å². The van der Waals surface area contributed by atoms with Crippen LogP contribution in [0.5, 0.6) is 0 Å². The molecular weight excluding hydrogens is 320 g/mol. The van der Waals surface area contributed by atoms with Crippen LogP contribution in [0, 0.1) is 19.8 Å². The summed E-state index contributed by atoms with van der Waals surface area (Å²) in [4.78, 5) is 23.4. The molecule has 0 heterocycles. The summed E-state index contributed by atoms with van der Waals surface area (Å²) >= 11 is 0. The second-order valence-electron chi connectivity index (χ2n) is 5.92. The number of amides is 1. The van der Waals surface area contributed by atoms with Crippen LogP contribution < -0.4 is 10.5 Å². The molecule has 126 valence electrons. The smallest absolute Gasteiger partial charge is 0.308 e. The summed E-state index contributed by atoms with van der Waals surface area (Å²) in [5.74, 6) is -2.03. The SMILES string of the molecule is Cc1cc(C(=O)N[C@@H]2CCC[C@@H]2C(=O)O)cc(S(N)(=O)=O)c1C. The summed E-state index contributed by atoms with van der Waals surface area (Å²) in [6.07, 6.45) is 1.85. The first-order chi connectivity index (χ1) is 10.6. The highest BCUT2D eigenvalue weighted by molar-refractivity contribution is 7.89. The number of nitrogens with one attached hydrogen (secondary N) is 1. The third-order valence-corrected chi connectivity index (χ3v) is 5.38. The van der Waals surface area contributed by atoms with E-state index in [4.69, 9.17) is 10.2 Å². The first-order valence-corrected chi connectivity index (χ1v) is 8.83. The molecule has 0 unspecified atom stereocenters. The van der Waals surface area contributed by atoms with Crippen LogP contribution in [0.15, 0.2) is 17.0 Å².